The fourth-order valence-corrected chi connectivity index (χ4v) is 1.59. The monoisotopic (exact) mass is 272 g/mol. The molecular weight excluding hydrogens is 267 g/mol. The van der Waals surface area contributed by atoms with Gasteiger partial charge in [-0.1, -0.05) is 6.07 Å². The van der Waals surface area contributed by atoms with Crippen molar-refractivity contribution in [3.8, 4) is 0 Å². The summed E-state index contributed by atoms with van der Waals surface area (Å²) in [7, 11) is 0. The summed E-state index contributed by atoms with van der Waals surface area (Å²) in [6.45, 7) is 0. The number of carbonyl (C=O) groups is 2. The normalized spacial score (nSPS) is 20.0. The Labute approximate surface area is 93.0 Å². The van der Waals surface area contributed by atoms with Gasteiger partial charge in [-0.3, -0.25) is 10.1 Å². The molecule has 1 atom stereocenters. The van der Waals surface area contributed by atoms with E-state index in [-0.39, 0.29) is 0 Å². The van der Waals surface area contributed by atoms with Crippen molar-refractivity contribution in [1.82, 2.24) is 10.6 Å². The maximum Gasteiger partial charge on any atom is 0.322 e. The molecule has 0 bridgehead atoms. The summed E-state index contributed by atoms with van der Waals surface area (Å²) in [5.41, 5.74) is 0.416. The number of hydrogen-bond donors (Lipinski definition) is 2. The fourth-order valence-electron chi connectivity index (χ4n) is 1.34. The first kappa shape index (κ1) is 10.1. The Morgan fingerprint density at radius 1 is 1.33 bits per heavy atom. The van der Waals surface area contributed by atoms with Gasteiger partial charge in [-0.15, -0.1) is 0 Å². The van der Waals surface area contributed by atoms with E-state index in [1.165, 1.54) is 12.1 Å². The number of rotatable bonds is 1. The second-order valence-electron chi connectivity index (χ2n) is 3.07. The Hall–Kier alpha value is -1.43. The molecule has 15 heavy (non-hydrogen) atoms. The quantitative estimate of drug-likeness (QED) is 0.761. The molecule has 0 radical (unpaired) electrons. The van der Waals surface area contributed by atoms with Gasteiger partial charge in [0.2, 0.25) is 0 Å². The SMILES string of the molecule is O=C1NC(=O)C(c2ccc(Br)c(F)c2)N1. The van der Waals surface area contributed by atoms with Gasteiger partial charge >= 0.3 is 6.03 Å². The summed E-state index contributed by atoms with van der Waals surface area (Å²) < 4.78 is 13.5. The summed E-state index contributed by atoms with van der Waals surface area (Å²) in [4.78, 5) is 22.1. The van der Waals surface area contributed by atoms with Gasteiger partial charge in [-0.2, -0.15) is 0 Å². The lowest BCUT2D eigenvalue weighted by Gasteiger charge is -2.07. The van der Waals surface area contributed by atoms with E-state index in [1.54, 1.807) is 6.07 Å². The number of nitrogens with one attached hydrogen (secondary N) is 2. The van der Waals surface area contributed by atoms with Crippen molar-refractivity contribution in [2.24, 2.45) is 0 Å². The molecule has 3 amide bonds. The summed E-state index contributed by atoms with van der Waals surface area (Å²) >= 11 is 3.00. The molecule has 1 fully saturated rings. The average Bonchev–Trinajstić information content (AvgIpc) is 2.50. The molecule has 0 spiro atoms. The summed E-state index contributed by atoms with van der Waals surface area (Å²) in [5, 5.41) is 4.46. The highest BCUT2D eigenvalue weighted by Crippen LogP contribution is 2.22. The van der Waals surface area contributed by atoms with Gasteiger partial charge in [0.25, 0.3) is 5.91 Å². The van der Waals surface area contributed by atoms with Gasteiger partial charge in [0.05, 0.1) is 4.47 Å². The number of amides is 3. The largest absolute Gasteiger partial charge is 0.322 e. The zero-order valence-electron chi connectivity index (χ0n) is 7.38. The number of imide groups is 1. The third-order valence-corrected chi connectivity index (χ3v) is 2.69. The van der Waals surface area contributed by atoms with E-state index in [0.717, 1.165) is 0 Å². The molecule has 1 heterocycles. The van der Waals surface area contributed by atoms with Crippen LogP contribution in [0.2, 0.25) is 0 Å². The van der Waals surface area contributed by atoms with Gasteiger partial charge in [-0.25, -0.2) is 9.18 Å². The Bertz CT molecular complexity index is 450. The van der Waals surface area contributed by atoms with Crippen molar-refractivity contribution in [2.45, 2.75) is 6.04 Å². The minimum absolute atomic E-state index is 0.316. The van der Waals surface area contributed by atoms with Crippen molar-refractivity contribution >= 4 is 27.9 Å². The standard InChI is InChI=1S/C9H6BrFN2O2/c10-5-2-1-4(3-6(5)11)7-8(14)13-9(15)12-7/h1-3,7H,(H2,12,13,14,15). The molecular formula is C9H6BrFN2O2. The lowest BCUT2D eigenvalue weighted by molar-refractivity contribution is -0.120. The molecule has 1 aliphatic heterocycles. The van der Waals surface area contributed by atoms with Crippen molar-refractivity contribution in [1.29, 1.82) is 0 Å². The van der Waals surface area contributed by atoms with Crippen LogP contribution >= 0.6 is 15.9 Å². The van der Waals surface area contributed by atoms with Crippen LogP contribution in [0.3, 0.4) is 0 Å². The molecule has 1 aromatic carbocycles. The second kappa shape index (κ2) is 3.62. The molecule has 2 rings (SSSR count). The molecule has 0 aliphatic carbocycles. The van der Waals surface area contributed by atoms with Gasteiger partial charge < -0.3 is 5.32 Å². The number of benzene rings is 1. The Balaban J connectivity index is 2.34. The maximum atomic E-state index is 13.2. The van der Waals surface area contributed by atoms with E-state index in [4.69, 9.17) is 0 Å². The number of carbonyl (C=O) groups excluding carboxylic acids is 2. The highest BCUT2D eigenvalue weighted by atomic mass is 79.9. The minimum atomic E-state index is -0.805. The zero-order valence-corrected chi connectivity index (χ0v) is 8.97. The van der Waals surface area contributed by atoms with E-state index in [9.17, 15) is 14.0 Å². The first-order valence-electron chi connectivity index (χ1n) is 4.14. The number of urea groups is 1. The van der Waals surface area contributed by atoms with Crippen molar-refractivity contribution in [3.63, 3.8) is 0 Å². The van der Waals surface area contributed by atoms with Crippen LogP contribution in [0.15, 0.2) is 22.7 Å². The average molecular weight is 273 g/mol. The minimum Gasteiger partial charge on any atom is -0.322 e. The third-order valence-electron chi connectivity index (χ3n) is 2.05. The smallest absolute Gasteiger partial charge is 0.322 e. The molecule has 1 aliphatic rings. The molecule has 78 valence electrons. The van der Waals surface area contributed by atoms with E-state index in [1.807, 2.05) is 0 Å². The summed E-state index contributed by atoms with van der Waals surface area (Å²) in [5.74, 6) is -0.942. The van der Waals surface area contributed by atoms with Crippen molar-refractivity contribution in [3.05, 3.63) is 34.1 Å². The summed E-state index contributed by atoms with van der Waals surface area (Å²) in [6, 6.07) is 2.90. The van der Waals surface area contributed by atoms with Gasteiger partial charge in [-0.05, 0) is 33.6 Å². The summed E-state index contributed by atoms with van der Waals surface area (Å²) in [6.07, 6.45) is 0. The topological polar surface area (TPSA) is 58.2 Å². The van der Waals surface area contributed by atoms with E-state index >= 15 is 0 Å². The van der Waals surface area contributed by atoms with Crippen LogP contribution in [0.25, 0.3) is 0 Å². The first-order valence-corrected chi connectivity index (χ1v) is 4.93. The Kier molecular flexibility index (Phi) is 2.44. The van der Waals surface area contributed by atoms with Crippen LogP contribution in [0.4, 0.5) is 9.18 Å². The van der Waals surface area contributed by atoms with Gasteiger partial charge in [0.1, 0.15) is 11.9 Å². The molecule has 2 N–H and O–H groups in total. The van der Waals surface area contributed by atoms with Crippen LogP contribution in [-0.2, 0) is 4.79 Å². The van der Waals surface area contributed by atoms with Crippen molar-refractivity contribution < 1.29 is 14.0 Å². The van der Waals surface area contributed by atoms with Crippen LogP contribution < -0.4 is 10.6 Å². The molecule has 4 nitrogen and oxygen atoms in total. The highest BCUT2D eigenvalue weighted by molar-refractivity contribution is 9.10. The van der Waals surface area contributed by atoms with E-state index in [0.29, 0.717) is 10.0 Å². The van der Waals surface area contributed by atoms with Gasteiger partial charge in [0, 0.05) is 0 Å². The van der Waals surface area contributed by atoms with Gasteiger partial charge in [0.15, 0.2) is 0 Å². The number of halogens is 2. The van der Waals surface area contributed by atoms with Crippen LogP contribution in [0.1, 0.15) is 11.6 Å². The molecule has 0 aromatic heterocycles. The first-order chi connectivity index (χ1) is 7.08. The van der Waals surface area contributed by atoms with E-state index < -0.39 is 23.8 Å². The van der Waals surface area contributed by atoms with Crippen LogP contribution in [0, 0.1) is 5.82 Å². The zero-order chi connectivity index (χ0) is 11.0. The Morgan fingerprint density at radius 2 is 2.07 bits per heavy atom. The molecule has 6 heteroatoms. The molecule has 1 saturated heterocycles. The highest BCUT2D eigenvalue weighted by Gasteiger charge is 2.31. The Morgan fingerprint density at radius 3 is 2.60 bits per heavy atom. The second-order valence-corrected chi connectivity index (χ2v) is 3.92. The third kappa shape index (κ3) is 1.85. The van der Waals surface area contributed by atoms with Crippen LogP contribution in [0.5, 0.6) is 0 Å². The predicted octanol–water partition coefficient (Wildman–Crippen LogP) is 1.47. The molecule has 1 aromatic rings. The van der Waals surface area contributed by atoms with Crippen molar-refractivity contribution in [2.75, 3.05) is 0 Å². The fraction of sp³-hybridized carbons (Fsp3) is 0.111. The lowest BCUT2D eigenvalue weighted by atomic mass is 10.1. The lowest BCUT2D eigenvalue weighted by Crippen LogP contribution is -2.22. The van der Waals surface area contributed by atoms with Crippen LogP contribution in [-0.4, -0.2) is 11.9 Å². The van der Waals surface area contributed by atoms with E-state index in [2.05, 4.69) is 26.6 Å². The number of hydrogen-bond acceptors (Lipinski definition) is 2. The maximum absolute atomic E-state index is 13.2. The predicted molar refractivity (Wildman–Crippen MR) is 53.5 cm³/mol. The molecule has 0 saturated carbocycles. The molecule has 1 unspecified atom stereocenters.